The average molecular weight is 127 g/mol. The first-order valence-electron chi connectivity index (χ1n) is 3.85. The summed E-state index contributed by atoms with van der Waals surface area (Å²) in [5.74, 6) is 0.918. The lowest BCUT2D eigenvalue weighted by atomic mass is 9.86. The average Bonchev–Trinajstić information content (AvgIpc) is 1.60. The minimum absolute atomic E-state index is 0.400. The highest BCUT2D eigenvalue weighted by atomic mass is 15.0. The van der Waals surface area contributed by atoms with Crippen LogP contribution in [0, 0.1) is 5.92 Å². The smallest absolute Gasteiger partial charge is 0.0127 e. The fourth-order valence-corrected chi connectivity index (χ4v) is 1.70. The van der Waals surface area contributed by atoms with E-state index in [0.717, 1.165) is 5.92 Å². The molecule has 0 saturated carbocycles. The van der Waals surface area contributed by atoms with Gasteiger partial charge in [0.05, 0.1) is 0 Å². The molecule has 0 aliphatic carbocycles. The van der Waals surface area contributed by atoms with Gasteiger partial charge >= 0.3 is 0 Å². The Morgan fingerprint density at radius 2 is 2.11 bits per heavy atom. The van der Waals surface area contributed by atoms with Crippen molar-refractivity contribution in [3.8, 4) is 0 Å². The van der Waals surface area contributed by atoms with Crippen LogP contribution in [0.3, 0.4) is 0 Å². The van der Waals surface area contributed by atoms with Gasteiger partial charge < -0.3 is 5.32 Å². The summed E-state index contributed by atoms with van der Waals surface area (Å²) in [7, 11) is 0. The molecule has 0 bridgehead atoms. The largest absolute Gasteiger partial charge is 0.312 e. The molecule has 0 aromatic heterocycles. The SMILES string of the molecule is CC1CCNC(C)(C)C1. The Kier molecular flexibility index (Phi) is 1.80. The highest BCUT2D eigenvalue weighted by molar-refractivity contribution is 4.83. The monoisotopic (exact) mass is 127 g/mol. The molecule has 0 radical (unpaired) electrons. The van der Waals surface area contributed by atoms with E-state index in [1.807, 2.05) is 0 Å². The van der Waals surface area contributed by atoms with Gasteiger partial charge in [0, 0.05) is 5.54 Å². The standard InChI is InChI=1S/C8H17N/c1-7-4-5-9-8(2,3)6-7/h7,9H,4-6H2,1-3H3. The summed E-state index contributed by atoms with van der Waals surface area (Å²) < 4.78 is 0. The predicted molar refractivity (Wildman–Crippen MR) is 40.5 cm³/mol. The molecule has 1 unspecified atom stereocenters. The van der Waals surface area contributed by atoms with Gasteiger partial charge in [-0.15, -0.1) is 0 Å². The Balaban J connectivity index is 2.41. The van der Waals surface area contributed by atoms with Crippen molar-refractivity contribution in [3.05, 3.63) is 0 Å². The van der Waals surface area contributed by atoms with Crippen LogP contribution in [0.2, 0.25) is 0 Å². The summed E-state index contributed by atoms with van der Waals surface area (Å²) in [5, 5.41) is 3.49. The second-order valence-electron chi connectivity index (χ2n) is 3.91. The summed E-state index contributed by atoms with van der Waals surface area (Å²) in [6, 6.07) is 0. The molecule has 1 atom stereocenters. The molecular weight excluding hydrogens is 110 g/mol. The van der Waals surface area contributed by atoms with Crippen LogP contribution in [0.4, 0.5) is 0 Å². The van der Waals surface area contributed by atoms with Crippen LogP contribution in [-0.2, 0) is 0 Å². The van der Waals surface area contributed by atoms with E-state index in [9.17, 15) is 0 Å². The Labute approximate surface area is 57.8 Å². The maximum atomic E-state index is 3.49. The van der Waals surface area contributed by atoms with Crippen LogP contribution < -0.4 is 5.32 Å². The second-order valence-corrected chi connectivity index (χ2v) is 3.91. The van der Waals surface area contributed by atoms with Crippen LogP contribution >= 0.6 is 0 Å². The van der Waals surface area contributed by atoms with E-state index in [2.05, 4.69) is 26.1 Å². The third kappa shape index (κ3) is 1.98. The van der Waals surface area contributed by atoms with Crippen molar-refractivity contribution in [1.29, 1.82) is 0 Å². The third-order valence-electron chi connectivity index (χ3n) is 2.10. The van der Waals surface area contributed by atoms with Gasteiger partial charge in [0.1, 0.15) is 0 Å². The van der Waals surface area contributed by atoms with Crippen molar-refractivity contribution in [1.82, 2.24) is 5.32 Å². The van der Waals surface area contributed by atoms with Gasteiger partial charge in [-0.2, -0.15) is 0 Å². The normalized spacial score (nSPS) is 34.3. The molecule has 0 aromatic rings. The van der Waals surface area contributed by atoms with Crippen LogP contribution in [0.1, 0.15) is 33.6 Å². The molecule has 0 spiro atoms. The highest BCUT2D eigenvalue weighted by Gasteiger charge is 2.23. The van der Waals surface area contributed by atoms with Crippen molar-refractivity contribution in [2.45, 2.75) is 39.2 Å². The molecule has 1 saturated heterocycles. The van der Waals surface area contributed by atoms with Gasteiger partial charge in [0.25, 0.3) is 0 Å². The molecule has 1 aliphatic heterocycles. The molecule has 1 rings (SSSR count). The molecule has 1 nitrogen and oxygen atoms in total. The van der Waals surface area contributed by atoms with Crippen molar-refractivity contribution < 1.29 is 0 Å². The van der Waals surface area contributed by atoms with Crippen molar-refractivity contribution >= 4 is 0 Å². The number of hydrogen-bond acceptors (Lipinski definition) is 1. The zero-order valence-corrected chi connectivity index (χ0v) is 6.70. The van der Waals surface area contributed by atoms with Gasteiger partial charge in [0.2, 0.25) is 0 Å². The zero-order valence-electron chi connectivity index (χ0n) is 6.70. The van der Waals surface area contributed by atoms with Crippen LogP contribution in [0.5, 0.6) is 0 Å². The lowest BCUT2D eigenvalue weighted by Crippen LogP contribution is -2.45. The molecule has 1 heterocycles. The molecule has 54 valence electrons. The number of rotatable bonds is 0. The van der Waals surface area contributed by atoms with E-state index in [-0.39, 0.29) is 0 Å². The van der Waals surface area contributed by atoms with Crippen LogP contribution in [-0.4, -0.2) is 12.1 Å². The minimum Gasteiger partial charge on any atom is -0.312 e. The van der Waals surface area contributed by atoms with Crippen molar-refractivity contribution in [2.24, 2.45) is 5.92 Å². The summed E-state index contributed by atoms with van der Waals surface area (Å²) in [4.78, 5) is 0. The van der Waals surface area contributed by atoms with E-state index in [0.29, 0.717) is 5.54 Å². The predicted octanol–water partition coefficient (Wildman–Crippen LogP) is 1.78. The third-order valence-corrected chi connectivity index (χ3v) is 2.10. The fraction of sp³-hybridized carbons (Fsp3) is 1.00. The molecule has 1 N–H and O–H groups in total. The lowest BCUT2D eigenvalue weighted by Gasteiger charge is -2.34. The molecule has 9 heavy (non-hydrogen) atoms. The molecular formula is C8H17N. The fourth-order valence-electron chi connectivity index (χ4n) is 1.70. The Morgan fingerprint density at radius 1 is 1.44 bits per heavy atom. The van der Waals surface area contributed by atoms with Crippen molar-refractivity contribution in [3.63, 3.8) is 0 Å². The second kappa shape index (κ2) is 2.30. The molecule has 0 aromatic carbocycles. The first kappa shape index (κ1) is 7.07. The number of hydrogen-bond donors (Lipinski definition) is 1. The van der Waals surface area contributed by atoms with Gasteiger partial charge in [-0.25, -0.2) is 0 Å². The first-order valence-corrected chi connectivity index (χ1v) is 3.85. The molecule has 1 fully saturated rings. The number of nitrogens with one attached hydrogen (secondary N) is 1. The summed E-state index contributed by atoms with van der Waals surface area (Å²) in [5.41, 5.74) is 0.400. The van der Waals surface area contributed by atoms with E-state index in [1.165, 1.54) is 19.4 Å². The summed E-state index contributed by atoms with van der Waals surface area (Å²) in [6.45, 7) is 8.10. The van der Waals surface area contributed by atoms with Crippen LogP contribution in [0.15, 0.2) is 0 Å². The lowest BCUT2D eigenvalue weighted by molar-refractivity contribution is 0.243. The van der Waals surface area contributed by atoms with Crippen molar-refractivity contribution in [2.75, 3.05) is 6.54 Å². The zero-order chi connectivity index (χ0) is 6.91. The maximum Gasteiger partial charge on any atom is 0.0127 e. The Bertz CT molecular complexity index is 96.7. The van der Waals surface area contributed by atoms with E-state index in [4.69, 9.17) is 0 Å². The van der Waals surface area contributed by atoms with Gasteiger partial charge in [-0.1, -0.05) is 6.92 Å². The van der Waals surface area contributed by atoms with Gasteiger partial charge in [-0.3, -0.25) is 0 Å². The highest BCUT2D eigenvalue weighted by Crippen LogP contribution is 2.22. The number of piperidine rings is 1. The summed E-state index contributed by atoms with van der Waals surface area (Å²) in [6.07, 6.45) is 2.68. The maximum absolute atomic E-state index is 3.49. The molecule has 1 heteroatoms. The van der Waals surface area contributed by atoms with E-state index in [1.54, 1.807) is 0 Å². The van der Waals surface area contributed by atoms with Gasteiger partial charge in [0.15, 0.2) is 0 Å². The quantitative estimate of drug-likeness (QED) is 0.523. The van der Waals surface area contributed by atoms with Gasteiger partial charge in [-0.05, 0) is 39.2 Å². The first-order chi connectivity index (χ1) is 4.10. The van der Waals surface area contributed by atoms with Crippen LogP contribution in [0.25, 0.3) is 0 Å². The molecule has 0 amide bonds. The summed E-state index contributed by atoms with van der Waals surface area (Å²) >= 11 is 0. The van der Waals surface area contributed by atoms with E-state index >= 15 is 0 Å². The molecule has 1 aliphatic rings. The minimum atomic E-state index is 0.400. The Hall–Kier alpha value is -0.0400. The topological polar surface area (TPSA) is 12.0 Å². The van der Waals surface area contributed by atoms with E-state index < -0.39 is 0 Å². The Morgan fingerprint density at radius 3 is 2.44 bits per heavy atom.